The highest BCUT2D eigenvalue weighted by Gasteiger charge is 2.28. The average molecular weight is 448 g/mol. The lowest BCUT2D eigenvalue weighted by Crippen LogP contribution is -2.46. The maximum Gasteiger partial charge on any atom is 0.258 e. The third-order valence-electron chi connectivity index (χ3n) is 6.82. The number of piperazine rings is 1. The number of nitrogens with zero attached hydrogens (tertiary/aromatic N) is 3. The van der Waals surface area contributed by atoms with Crippen molar-refractivity contribution in [1.29, 1.82) is 0 Å². The molecule has 2 aliphatic rings. The molecule has 0 unspecified atom stereocenters. The molecule has 2 aliphatic heterocycles. The minimum atomic E-state index is 0.162. The number of halogens is 1. The Bertz CT molecular complexity index is 1080. The fraction of sp³-hybridized carbons (Fsp3) is 0.370. The second-order valence-electron chi connectivity index (χ2n) is 8.86. The molecule has 0 radical (unpaired) electrons. The monoisotopic (exact) mass is 447 g/mol. The summed E-state index contributed by atoms with van der Waals surface area (Å²) in [4.78, 5) is 19.9. The van der Waals surface area contributed by atoms with Gasteiger partial charge in [0.1, 0.15) is 0 Å². The summed E-state index contributed by atoms with van der Waals surface area (Å²) in [6.45, 7) is 6.37. The van der Waals surface area contributed by atoms with Crippen LogP contribution in [-0.4, -0.2) is 50.1 Å². The van der Waals surface area contributed by atoms with Gasteiger partial charge < -0.3 is 9.80 Å². The van der Waals surface area contributed by atoms with E-state index in [9.17, 15) is 4.79 Å². The highest BCUT2D eigenvalue weighted by Crippen LogP contribution is 2.37. The van der Waals surface area contributed by atoms with Gasteiger partial charge in [0.2, 0.25) is 0 Å². The molecule has 0 atom stereocenters. The van der Waals surface area contributed by atoms with Crippen LogP contribution in [0.5, 0.6) is 0 Å². The molecule has 0 bridgehead atoms. The van der Waals surface area contributed by atoms with Crippen molar-refractivity contribution >= 4 is 39.7 Å². The molecular weight excluding hydrogens is 418 g/mol. The highest BCUT2D eigenvalue weighted by atomic mass is 35.5. The number of rotatable bonds is 8. The van der Waals surface area contributed by atoms with Crippen molar-refractivity contribution in [3.63, 3.8) is 0 Å². The lowest BCUT2D eigenvalue weighted by molar-refractivity contribution is 0.0992. The summed E-state index contributed by atoms with van der Waals surface area (Å²) in [5.41, 5.74) is 3.21. The first-order valence-electron chi connectivity index (χ1n) is 11.8. The molecule has 1 fully saturated rings. The standard InChI is InChI=1S/C27H30ClN3O/c28-22-11-13-23(14-12-22)30-19-17-29(18-20-30)15-3-1-2-4-16-31-25-10-6-8-21-7-5-9-24(26(21)25)27(31)32/h5-14H,1-4,15-20H2. The Balaban J connectivity index is 1.02. The van der Waals surface area contributed by atoms with Crippen molar-refractivity contribution in [1.82, 2.24) is 4.90 Å². The highest BCUT2D eigenvalue weighted by molar-refractivity contribution is 6.30. The van der Waals surface area contributed by atoms with Gasteiger partial charge in [-0.05, 0) is 61.2 Å². The number of hydrogen-bond acceptors (Lipinski definition) is 3. The van der Waals surface area contributed by atoms with Gasteiger partial charge in [0.05, 0.1) is 5.69 Å². The molecule has 2 heterocycles. The van der Waals surface area contributed by atoms with Crippen LogP contribution in [0.4, 0.5) is 11.4 Å². The van der Waals surface area contributed by atoms with E-state index in [1.807, 2.05) is 29.2 Å². The summed E-state index contributed by atoms with van der Waals surface area (Å²) < 4.78 is 0. The summed E-state index contributed by atoms with van der Waals surface area (Å²) in [7, 11) is 0. The Labute approximate surface area is 195 Å². The van der Waals surface area contributed by atoms with E-state index < -0.39 is 0 Å². The first kappa shape index (κ1) is 21.3. The van der Waals surface area contributed by atoms with Gasteiger partial charge in [-0.1, -0.05) is 48.7 Å². The van der Waals surface area contributed by atoms with Crippen LogP contribution >= 0.6 is 11.6 Å². The van der Waals surface area contributed by atoms with Gasteiger partial charge in [-0.15, -0.1) is 0 Å². The maximum absolute atomic E-state index is 12.9. The van der Waals surface area contributed by atoms with Gasteiger partial charge in [0.15, 0.2) is 0 Å². The molecule has 1 saturated heterocycles. The molecule has 166 valence electrons. The SMILES string of the molecule is O=C1c2cccc3cccc(c23)N1CCCCCCN1CCN(c2ccc(Cl)cc2)CC1. The number of carbonyl (C=O) groups excluding carboxylic acids is 1. The number of anilines is 2. The van der Waals surface area contributed by atoms with Crippen molar-refractivity contribution in [3.8, 4) is 0 Å². The van der Waals surface area contributed by atoms with Gasteiger partial charge in [0, 0.05) is 54.4 Å². The van der Waals surface area contributed by atoms with Crippen LogP contribution in [0.1, 0.15) is 36.0 Å². The normalized spacial score (nSPS) is 16.3. The Morgan fingerprint density at radius 3 is 2.19 bits per heavy atom. The lowest BCUT2D eigenvalue weighted by Gasteiger charge is -2.36. The Kier molecular flexibility index (Phi) is 6.33. The molecule has 5 rings (SSSR count). The summed E-state index contributed by atoms with van der Waals surface area (Å²) >= 11 is 6.00. The van der Waals surface area contributed by atoms with Crippen molar-refractivity contribution < 1.29 is 4.79 Å². The van der Waals surface area contributed by atoms with E-state index in [-0.39, 0.29) is 5.91 Å². The minimum absolute atomic E-state index is 0.162. The van der Waals surface area contributed by atoms with E-state index in [4.69, 9.17) is 11.6 Å². The molecule has 0 aromatic heterocycles. The number of unbranched alkanes of at least 4 members (excludes halogenated alkanes) is 3. The zero-order chi connectivity index (χ0) is 21.9. The number of hydrogen-bond donors (Lipinski definition) is 0. The summed E-state index contributed by atoms with van der Waals surface area (Å²) in [6, 6.07) is 20.4. The summed E-state index contributed by atoms with van der Waals surface area (Å²) in [5.74, 6) is 0.162. The molecule has 32 heavy (non-hydrogen) atoms. The van der Waals surface area contributed by atoms with Gasteiger partial charge >= 0.3 is 0 Å². The van der Waals surface area contributed by atoms with Crippen LogP contribution in [-0.2, 0) is 0 Å². The van der Waals surface area contributed by atoms with Crippen molar-refractivity contribution in [2.24, 2.45) is 0 Å². The first-order chi connectivity index (χ1) is 15.7. The molecule has 5 heteroatoms. The van der Waals surface area contributed by atoms with Gasteiger partial charge in [-0.2, -0.15) is 0 Å². The van der Waals surface area contributed by atoms with Crippen LogP contribution in [0.25, 0.3) is 10.8 Å². The molecule has 4 nitrogen and oxygen atoms in total. The molecule has 3 aromatic carbocycles. The van der Waals surface area contributed by atoms with E-state index in [1.165, 1.54) is 31.5 Å². The zero-order valence-corrected chi connectivity index (χ0v) is 19.2. The molecule has 1 amide bonds. The molecule has 3 aromatic rings. The lowest BCUT2D eigenvalue weighted by atomic mass is 10.1. The smallest absolute Gasteiger partial charge is 0.258 e. The van der Waals surface area contributed by atoms with Gasteiger partial charge in [0.25, 0.3) is 5.91 Å². The largest absolute Gasteiger partial charge is 0.369 e. The first-order valence-corrected chi connectivity index (χ1v) is 12.1. The second-order valence-corrected chi connectivity index (χ2v) is 9.29. The molecule has 0 saturated carbocycles. The van der Waals surface area contributed by atoms with E-state index in [1.54, 1.807) is 0 Å². The molecule has 0 N–H and O–H groups in total. The van der Waals surface area contributed by atoms with E-state index in [2.05, 4.69) is 46.2 Å². The van der Waals surface area contributed by atoms with Crippen LogP contribution < -0.4 is 9.80 Å². The van der Waals surface area contributed by atoms with Crippen molar-refractivity contribution in [3.05, 3.63) is 71.2 Å². The maximum atomic E-state index is 12.9. The van der Waals surface area contributed by atoms with Crippen LogP contribution in [0.2, 0.25) is 5.02 Å². The predicted molar refractivity (Wildman–Crippen MR) is 134 cm³/mol. The quantitative estimate of drug-likeness (QED) is 0.406. The predicted octanol–water partition coefficient (Wildman–Crippen LogP) is 5.84. The number of benzene rings is 3. The van der Waals surface area contributed by atoms with E-state index in [0.29, 0.717) is 0 Å². The molecule has 0 spiro atoms. The minimum Gasteiger partial charge on any atom is -0.369 e. The van der Waals surface area contributed by atoms with E-state index >= 15 is 0 Å². The van der Waals surface area contributed by atoms with Crippen LogP contribution in [0, 0.1) is 0 Å². The van der Waals surface area contributed by atoms with Gasteiger partial charge in [-0.3, -0.25) is 9.69 Å². The van der Waals surface area contributed by atoms with Crippen molar-refractivity contribution in [2.45, 2.75) is 25.7 Å². The number of amides is 1. The third kappa shape index (κ3) is 4.35. The van der Waals surface area contributed by atoms with Gasteiger partial charge in [-0.25, -0.2) is 0 Å². The summed E-state index contributed by atoms with van der Waals surface area (Å²) in [5, 5.41) is 3.08. The van der Waals surface area contributed by atoms with Crippen LogP contribution in [0.3, 0.4) is 0 Å². The van der Waals surface area contributed by atoms with E-state index in [0.717, 1.165) is 66.2 Å². The van der Waals surface area contributed by atoms with Crippen molar-refractivity contribution in [2.75, 3.05) is 49.1 Å². The molecule has 0 aliphatic carbocycles. The topological polar surface area (TPSA) is 26.8 Å². The Morgan fingerprint density at radius 2 is 1.44 bits per heavy atom. The Morgan fingerprint density at radius 1 is 0.750 bits per heavy atom. The average Bonchev–Trinajstić information content (AvgIpc) is 3.10. The zero-order valence-electron chi connectivity index (χ0n) is 18.5. The molecular formula is C27H30ClN3O. The third-order valence-corrected chi connectivity index (χ3v) is 7.07. The fourth-order valence-electron chi connectivity index (χ4n) is 5.04. The summed E-state index contributed by atoms with van der Waals surface area (Å²) in [6.07, 6.45) is 4.67. The second kappa shape index (κ2) is 9.51. The fourth-order valence-corrected chi connectivity index (χ4v) is 5.17. The number of carbonyl (C=O) groups is 1. The Hall–Kier alpha value is -2.56. The van der Waals surface area contributed by atoms with Crippen LogP contribution in [0.15, 0.2) is 60.7 Å².